The van der Waals surface area contributed by atoms with Gasteiger partial charge < -0.3 is 14.4 Å². The number of pyridine rings is 1. The van der Waals surface area contributed by atoms with Gasteiger partial charge in [-0.05, 0) is 50.1 Å². The van der Waals surface area contributed by atoms with Gasteiger partial charge in [-0.25, -0.2) is 4.79 Å². The van der Waals surface area contributed by atoms with E-state index in [9.17, 15) is 9.59 Å². The van der Waals surface area contributed by atoms with Crippen molar-refractivity contribution in [3.05, 3.63) is 63.6 Å². The molecular weight excluding hydrogens is 282 g/mol. The summed E-state index contributed by atoms with van der Waals surface area (Å²) >= 11 is 0. The van der Waals surface area contributed by atoms with Gasteiger partial charge in [-0.3, -0.25) is 4.79 Å². The summed E-state index contributed by atoms with van der Waals surface area (Å²) < 4.78 is 7.02. The maximum absolute atomic E-state index is 12.2. The third-order valence-electron chi connectivity index (χ3n) is 3.21. The van der Waals surface area contributed by atoms with Crippen LogP contribution in [0.25, 0.3) is 0 Å². The van der Waals surface area contributed by atoms with Crippen molar-refractivity contribution in [2.75, 3.05) is 0 Å². The molecule has 1 aromatic heterocycles. The average Bonchev–Trinajstić information content (AvgIpc) is 2.41. The molecule has 0 saturated carbocycles. The number of carboxylic acids is 1. The van der Waals surface area contributed by atoms with Crippen molar-refractivity contribution in [2.45, 2.75) is 33.4 Å². The van der Waals surface area contributed by atoms with Gasteiger partial charge in [-0.15, -0.1) is 0 Å². The molecule has 1 heterocycles. The fourth-order valence-corrected chi connectivity index (χ4v) is 2.24. The van der Waals surface area contributed by atoms with Gasteiger partial charge in [-0.2, -0.15) is 0 Å². The Labute approximate surface area is 128 Å². The molecule has 0 fully saturated rings. The number of ether oxygens (including phenoxy) is 1. The first kappa shape index (κ1) is 15.8. The Morgan fingerprint density at radius 1 is 1.32 bits per heavy atom. The van der Waals surface area contributed by atoms with Crippen molar-refractivity contribution < 1.29 is 14.6 Å². The SMILES string of the molecule is Cc1ccn(Cc2cccc(OC(C)C)c2)c(=O)c1C(=O)O. The van der Waals surface area contributed by atoms with Crippen LogP contribution in [-0.4, -0.2) is 21.7 Å². The summed E-state index contributed by atoms with van der Waals surface area (Å²) in [6, 6.07) is 9.07. The van der Waals surface area contributed by atoms with E-state index in [-0.39, 0.29) is 11.7 Å². The molecule has 0 aliphatic carbocycles. The van der Waals surface area contributed by atoms with Gasteiger partial charge >= 0.3 is 5.97 Å². The molecule has 0 amide bonds. The lowest BCUT2D eigenvalue weighted by Crippen LogP contribution is -2.27. The number of rotatable bonds is 5. The molecule has 0 spiro atoms. The van der Waals surface area contributed by atoms with E-state index >= 15 is 0 Å². The number of aryl methyl sites for hydroxylation is 1. The molecule has 5 heteroatoms. The lowest BCUT2D eigenvalue weighted by molar-refractivity contribution is 0.0693. The van der Waals surface area contributed by atoms with E-state index in [1.165, 1.54) is 4.57 Å². The van der Waals surface area contributed by atoms with Crippen molar-refractivity contribution in [1.82, 2.24) is 4.57 Å². The smallest absolute Gasteiger partial charge is 0.341 e. The minimum atomic E-state index is -1.20. The fourth-order valence-electron chi connectivity index (χ4n) is 2.24. The minimum Gasteiger partial charge on any atom is -0.491 e. The highest BCUT2D eigenvalue weighted by Gasteiger charge is 2.14. The molecule has 0 atom stereocenters. The zero-order chi connectivity index (χ0) is 16.3. The Morgan fingerprint density at radius 2 is 2.05 bits per heavy atom. The van der Waals surface area contributed by atoms with Gasteiger partial charge in [0.2, 0.25) is 0 Å². The Hall–Kier alpha value is -2.56. The molecule has 0 aliphatic heterocycles. The van der Waals surface area contributed by atoms with Crippen LogP contribution in [0, 0.1) is 6.92 Å². The van der Waals surface area contributed by atoms with Crippen LogP contribution in [0.4, 0.5) is 0 Å². The predicted molar refractivity (Wildman–Crippen MR) is 83.7 cm³/mol. The molecule has 1 aromatic carbocycles. The number of hydrogen-bond donors (Lipinski definition) is 1. The quantitative estimate of drug-likeness (QED) is 0.922. The number of nitrogens with zero attached hydrogens (tertiary/aromatic N) is 1. The first-order chi connectivity index (χ1) is 10.4. The first-order valence-corrected chi connectivity index (χ1v) is 7.07. The molecular formula is C17H19NO4. The third kappa shape index (κ3) is 3.55. The second-order valence-corrected chi connectivity index (χ2v) is 5.43. The van der Waals surface area contributed by atoms with Crippen molar-refractivity contribution in [2.24, 2.45) is 0 Å². The summed E-state index contributed by atoms with van der Waals surface area (Å²) in [7, 11) is 0. The molecule has 0 saturated heterocycles. The summed E-state index contributed by atoms with van der Waals surface area (Å²) in [4.78, 5) is 23.4. The molecule has 0 radical (unpaired) electrons. The number of aromatic nitrogens is 1. The zero-order valence-electron chi connectivity index (χ0n) is 12.9. The van der Waals surface area contributed by atoms with Crippen LogP contribution in [0.1, 0.15) is 35.3 Å². The summed E-state index contributed by atoms with van der Waals surface area (Å²) in [6.07, 6.45) is 1.68. The lowest BCUT2D eigenvalue weighted by Gasteiger charge is -2.12. The standard InChI is InChI=1S/C17H19NO4/c1-11(2)22-14-6-4-5-13(9-14)10-18-8-7-12(3)15(16(18)19)17(20)21/h4-9,11H,10H2,1-3H3,(H,20,21). The van der Waals surface area contributed by atoms with E-state index in [4.69, 9.17) is 9.84 Å². The van der Waals surface area contributed by atoms with E-state index in [2.05, 4.69) is 0 Å². The summed E-state index contributed by atoms with van der Waals surface area (Å²) in [5, 5.41) is 9.15. The highest BCUT2D eigenvalue weighted by Crippen LogP contribution is 2.15. The number of carboxylic acid groups (broad SMARTS) is 1. The van der Waals surface area contributed by atoms with Crippen LogP contribution in [0.2, 0.25) is 0 Å². The molecule has 0 bridgehead atoms. The maximum Gasteiger partial charge on any atom is 0.341 e. The number of benzene rings is 1. The molecule has 22 heavy (non-hydrogen) atoms. The van der Waals surface area contributed by atoms with E-state index in [0.29, 0.717) is 12.1 Å². The maximum atomic E-state index is 12.2. The summed E-state index contributed by atoms with van der Waals surface area (Å²) in [5.74, 6) is -0.472. The molecule has 0 aliphatic rings. The van der Waals surface area contributed by atoms with Gasteiger partial charge in [0.25, 0.3) is 5.56 Å². The third-order valence-corrected chi connectivity index (χ3v) is 3.21. The highest BCUT2D eigenvalue weighted by atomic mass is 16.5. The second kappa shape index (κ2) is 6.47. The number of carbonyl (C=O) groups is 1. The van der Waals surface area contributed by atoms with Gasteiger partial charge in [0.1, 0.15) is 11.3 Å². The van der Waals surface area contributed by atoms with Crippen LogP contribution in [0.5, 0.6) is 5.75 Å². The van der Waals surface area contributed by atoms with Gasteiger partial charge in [0.15, 0.2) is 0 Å². The summed E-state index contributed by atoms with van der Waals surface area (Å²) in [5.41, 5.74) is 0.658. The Balaban J connectivity index is 2.34. The predicted octanol–water partition coefficient (Wildman–Crippen LogP) is 2.69. The molecule has 2 rings (SSSR count). The second-order valence-electron chi connectivity index (χ2n) is 5.43. The van der Waals surface area contributed by atoms with Crippen molar-refractivity contribution in [3.8, 4) is 5.75 Å². The van der Waals surface area contributed by atoms with E-state index < -0.39 is 11.5 Å². The Bertz CT molecular complexity index is 747. The van der Waals surface area contributed by atoms with Crippen molar-refractivity contribution >= 4 is 5.97 Å². The van der Waals surface area contributed by atoms with Crippen LogP contribution >= 0.6 is 0 Å². The van der Waals surface area contributed by atoms with Crippen molar-refractivity contribution in [3.63, 3.8) is 0 Å². The average molecular weight is 301 g/mol. The highest BCUT2D eigenvalue weighted by molar-refractivity contribution is 5.88. The molecule has 5 nitrogen and oxygen atoms in total. The zero-order valence-corrected chi connectivity index (χ0v) is 12.9. The first-order valence-electron chi connectivity index (χ1n) is 7.07. The van der Waals surface area contributed by atoms with E-state index in [0.717, 1.165) is 11.3 Å². The normalized spacial score (nSPS) is 10.7. The molecule has 2 aromatic rings. The van der Waals surface area contributed by atoms with E-state index in [1.54, 1.807) is 19.2 Å². The van der Waals surface area contributed by atoms with Gasteiger partial charge in [0, 0.05) is 6.20 Å². The lowest BCUT2D eigenvalue weighted by atomic mass is 10.1. The Kier molecular flexibility index (Phi) is 4.65. The number of aromatic carboxylic acids is 1. The molecule has 1 N–H and O–H groups in total. The topological polar surface area (TPSA) is 68.5 Å². The van der Waals surface area contributed by atoms with Crippen LogP contribution < -0.4 is 10.3 Å². The summed E-state index contributed by atoms with van der Waals surface area (Å²) in [6.45, 7) is 5.80. The van der Waals surface area contributed by atoms with Crippen molar-refractivity contribution in [1.29, 1.82) is 0 Å². The van der Waals surface area contributed by atoms with E-state index in [1.807, 2.05) is 38.1 Å². The largest absolute Gasteiger partial charge is 0.491 e. The van der Waals surface area contributed by atoms with Crippen LogP contribution in [-0.2, 0) is 6.54 Å². The van der Waals surface area contributed by atoms with Crippen LogP contribution in [0.15, 0.2) is 41.3 Å². The van der Waals surface area contributed by atoms with Gasteiger partial charge in [0.05, 0.1) is 12.6 Å². The molecule has 116 valence electrons. The molecule has 0 unspecified atom stereocenters. The minimum absolute atomic E-state index is 0.0657. The van der Waals surface area contributed by atoms with Gasteiger partial charge in [-0.1, -0.05) is 12.1 Å². The van der Waals surface area contributed by atoms with Crippen LogP contribution in [0.3, 0.4) is 0 Å². The fraction of sp³-hybridized carbons (Fsp3) is 0.294. The number of hydrogen-bond acceptors (Lipinski definition) is 3. The Morgan fingerprint density at radius 3 is 2.68 bits per heavy atom. The monoisotopic (exact) mass is 301 g/mol.